The summed E-state index contributed by atoms with van der Waals surface area (Å²) in [6.07, 6.45) is 71.3. The van der Waals surface area contributed by atoms with Gasteiger partial charge >= 0.3 is 39.5 Å². The van der Waals surface area contributed by atoms with Crippen LogP contribution in [0.2, 0.25) is 0 Å². The number of phosphoric acid groups is 2. The van der Waals surface area contributed by atoms with Crippen LogP contribution in [0.4, 0.5) is 0 Å². The molecule has 0 aliphatic carbocycles. The lowest BCUT2D eigenvalue weighted by Gasteiger charge is -2.21. The van der Waals surface area contributed by atoms with Crippen LogP contribution in [0, 0.1) is 11.8 Å². The number of aliphatic hydroxyl groups is 1. The Kier molecular flexibility index (Phi) is 76.9. The van der Waals surface area contributed by atoms with Gasteiger partial charge in [0.15, 0.2) is 12.2 Å². The summed E-state index contributed by atoms with van der Waals surface area (Å²) in [6, 6.07) is 0. The molecule has 0 fully saturated rings. The van der Waals surface area contributed by atoms with Gasteiger partial charge in [-0.3, -0.25) is 37.3 Å². The van der Waals surface area contributed by atoms with Gasteiger partial charge < -0.3 is 33.8 Å². The Hall–Kier alpha value is -1.94. The Balaban J connectivity index is 5.19. The fourth-order valence-electron chi connectivity index (χ4n) is 13.6. The highest BCUT2D eigenvalue weighted by molar-refractivity contribution is 7.47. The first-order valence-electron chi connectivity index (χ1n) is 45.0. The highest BCUT2D eigenvalue weighted by atomic mass is 31.2. The van der Waals surface area contributed by atoms with Crippen molar-refractivity contribution in [2.75, 3.05) is 39.6 Å². The molecule has 0 aliphatic heterocycles. The van der Waals surface area contributed by atoms with Crippen LogP contribution < -0.4 is 0 Å². The molecule has 0 radical (unpaired) electrons. The second-order valence-corrected chi connectivity index (χ2v) is 35.1. The average molecular weight is 1550 g/mol. The second-order valence-electron chi connectivity index (χ2n) is 32.2. The van der Waals surface area contributed by atoms with Gasteiger partial charge in [0.1, 0.15) is 19.3 Å². The first-order valence-corrected chi connectivity index (χ1v) is 48.0. The molecule has 0 heterocycles. The maximum Gasteiger partial charge on any atom is 0.472 e. The lowest BCUT2D eigenvalue weighted by atomic mass is 10.0. The smallest absolute Gasteiger partial charge is 0.462 e. The molecule has 0 aromatic rings. The Morgan fingerprint density at radius 2 is 0.434 bits per heavy atom. The van der Waals surface area contributed by atoms with E-state index < -0.39 is 97.5 Å². The van der Waals surface area contributed by atoms with Gasteiger partial charge in [-0.05, 0) is 37.5 Å². The molecule has 17 nitrogen and oxygen atoms in total. The van der Waals surface area contributed by atoms with Crippen molar-refractivity contribution >= 4 is 39.5 Å². The summed E-state index contributed by atoms with van der Waals surface area (Å²) < 4.78 is 68.8. The van der Waals surface area contributed by atoms with Gasteiger partial charge in [0.2, 0.25) is 0 Å². The van der Waals surface area contributed by atoms with E-state index in [1.165, 1.54) is 276 Å². The second kappa shape index (κ2) is 78.3. The van der Waals surface area contributed by atoms with Gasteiger partial charge in [-0.25, -0.2) is 9.13 Å². The number of phosphoric ester groups is 2. The summed E-state index contributed by atoms with van der Waals surface area (Å²) >= 11 is 0. The molecular formula is C87H170O17P2. The van der Waals surface area contributed by atoms with E-state index in [0.29, 0.717) is 31.6 Å². The van der Waals surface area contributed by atoms with E-state index in [0.717, 1.165) is 102 Å². The Morgan fingerprint density at radius 3 is 0.642 bits per heavy atom. The predicted octanol–water partition coefficient (Wildman–Crippen LogP) is 26.6. The number of carbonyl (C=O) groups is 4. The molecule has 19 heteroatoms. The van der Waals surface area contributed by atoms with Crippen molar-refractivity contribution in [2.45, 2.75) is 484 Å². The summed E-state index contributed by atoms with van der Waals surface area (Å²) in [5.41, 5.74) is 0. The van der Waals surface area contributed by atoms with Crippen molar-refractivity contribution in [3.05, 3.63) is 0 Å². The molecule has 2 unspecified atom stereocenters. The Bertz CT molecular complexity index is 2030. The van der Waals surface area contributed by atoms with Gasteiger partial charge in [-0.2, -0.15) is 0 Å². The summed E-state index contributed by atoms with van der Waals surface area (Å²) in [4.78, 5) is 73.2. The number of unbranched alkanes of at least 4 members (excludes halogenated alkanes) is 56. The molecule has 0 aromatic carbocycles. The molecule has 0 saturated carbocycles. The maximum atomic E-state index is 13.2. The number of rotatable bonds is 86. The third-order valence-corrected chi connectivity index (χ3v) is 22.4. The third kappa shape index (κ3) is 80.1. The number of aliphatic hydroxyl groups excluding tert-OH is 1. The van der Waals surface area contributed by atoms with Gasteiger partial charge in [-0.15, -0.1) is 0 Å². The number of hydrogen-bond acceptors (Lipinski definition) is 15. The average Bonchev–Trinajstić information content (AvgIpc) is 0.879. The van der Waals surface area contributed by atoms with Crippen LogP contribution in [0.5, 0.6) is 0 Å². The van der Waals surface area contributed by atoms with E-state index in [1.54, 1.807) is 0 Å². The van der Waals surface area contributed by atoms with E-state index in [-0.39, 0.29) is 25.7 Å². The fraction of sp³-hybridized carbons (Fsp3) is 0.954. The molecule has 5 atom stereocenters. The van der Waals surface area contributed by atoms with Crippen molar-refractivity contribution in [1.82, 2.24) is 0 Å². The number of hydrogen-bond donors (Lipinski definition) is 3. The molecule has 0 saturated heterocycles. The SMILES string of the molecule is CCCCCCCCCCCCCCCCCCCCCCCCC(=O)O[C@H](COC(=O)CCCCCCCCCCCCCCCCCCCCCCC)COP(=O)(O)OC[C@@H](O)COP(=O)(O)OC[C@@H](COC(=O)CCCCCCCCC(C)C)OC(=O)CCCCCCCCCCCCCC(C)C. The zero-order chi connectivity index (χ0) is 77.8. The maximum absolute atomic E-state index is 13.2. The largest absolute Gasteiger partial charge is 0.472 e. The van der Waals surface area contributed by atoms with Crippen LogP contribution in [-0.4, -0.2) is 96.7 Å². The Morgan fingerprint density at radius 1 is 0.255 bits per heavy atom. The molecule has 0 aliphatic rings. The molecule has 630 valence electrons. The summed E-state index contributed by atoms with van der Waals surface area (Å²) in [5, 5.41) is 10.7. The van der Waals surface area contributed by atoms with Crippen LogP contribution in [0.25, 0.3) is 0 Å². The fourth-order valence-corrected chi connectivity index (χ4v) is 15.2. The van der Waals surface area contributed by atoms with Gasteiger partial charge in [-0.1, -0.05) is 414 Å². The van der Waals surface area contributed by atoms with E-state index in [4.69, 9.17) is 37.0 Å². The first kappa shape index (κ1) is 104. The summed E-state index contributed by atoms with van der Waals surface area (Å²) in [7, 11) is -9.93. The molecule has 106 heavy (non-hydrogen) atoms. The third-order valence-electron chi connectivity index (χ3n) is 20.5. The van der Waals surface area contributed by atoms with Crippen molar-refractivity contribution < 1.29 is 80.2 Å². The zero-order valence-corrected chi connectivity index (χ0v) is 71.5. The van der Waals surface area contributed by atoms with Gasteiger partial charge in [0.25, 0.3) is 0 Å². The first-order chi connectivity index (χ1) is 51.4. The molecule has 0 rings (SSSR count). The van der Waals surface area contributed by atoms with Crippen molar-refractivity contribution in [3.8, 4) is 0 Å². The standard InChI is InChI=1S/C87H170O17P2/c1-7-9-11-13-15-17-19-21-23-25-27-29-31-33-35-37-39-43-47-51-59-65-71-86(91)103-82(75-97-84(89)69-63-57-50-46-42-38-36-34-32-30-28-26-24-22-20-18-16-14-12-10-8-2)77-101-105(93,94)99-73-81(88)74-100-106(95,96)102-78-83(76-98-85(90)70-64-58-54-53-56-62-68-80(5)6)104-87(92)72-66-60-52-48-44-40-41-45-49-55-61-67-79(3)4/h79-83,88H,7-78H2,1-6H3,(H,93,94)(H,95,96)/t81-,82-,83-/m1/s1. The zero-order valence-electron chi connectivity index (χ0n) is 69.7. The molecule has 0 aromatic heterocycles. The highest BCUT2D eigenvalue weighted by Gasteiger charge is 2.30. The van der Waals surface area contributed by atoms with Crippen LogP contribution in [0.15, 0.2) is 0 Å². The number of carbonyl (C=O) groups excluding carboxylic acids is 4. The summed E-state index contributed by atoms with van der Waals surface area (Å²) in [6.45, 7) is 9.58. The monoisotopic (exact) mass is 1550 g/mol. The van der Waals surface area contributed by atoms with Crippen LogP contribution >= 0.6 is 15.6 Å². The minimum atomic E-state index is -4.97. The molecule has 3 N–H and O–H groups in total. The summed E-state index contributed by atoms with van der Waals surface area (Å²) in [5.74, 6) is -0.662. The quantitative estimate of drug-likeness (QED) is 0.0222. The number of esters is 4. The van der Waals surface area contributed by atoms with E-state index in [9.17, 15) is 43.2 Å². The number of ether oxygens (including phenoxy) is 4. The lowest BCUT2D eigenvalue weighted by Crippen LogP contribution is -2.30. The molecule has 0 amide bonds. The lowest BCUT2D eigenvalue weighted by molar-refractivity contribution is -0.161. The topological polar surface area (TPSA) is 237 Å². The highest BCUT2D eigenvalue weighted by Crippen LogP contribution is 2.45. The normalized spacial score (nSPS) is 13.8. The van der Waals surface area contributed by atoms with Crippen LogP contribution in [0.1, 0.15) is 465 Å². The van der Waals surface area contributed by atoms with Gasteiger partial charge in [0.05, 0.1) is 26.4 Å². The van der Waals surface area contributed by atoms with Crippen molar-refractivity contribution in [1.29, 1.82) is 0 Å². The minimum absolute atomic E-state index is 0.106. The Labute approximate surface area is 651 Å². The molecular weight excluding hydrogens is 1380 g/mol. The van der Waals surface area contributed by atoms with E-state index >= 15 is 0 Å². The van der Waals surface area contributed by atoms with Crippen molar-refractivity contribution in [2.24, 2.45) is 11.8 Å². The minimum Gasteiger partial charge on any atom is -0.462 e. The van der Waals surface area contributed by atoms with E-state index in [1.807, 2.05) is 0 Å². The van der Waals surface area contributed by atoms with Crippen LogP contribution in [-0.2, 0) is 65.4 Å². The van der Waals surface area contributed by atoms with Gasteiger partial charge in [0, 0.05) is 25.7 Å². The molecule has 0 bridgehead atoms. The van der Waals surface area contributed by atoms with Crippen molar-refractivity contribution in [3.63, 3.8) is 0 Å². The van der Waals surface area contributed by atoms with Crippen LogP contribution in [0.3, 0.4) is 0 Å². The molecule has 0 spiro atoms. The predicted molar refractivity (Wildman–Crippen MR) is 437 cm³/mol. The van der Waals surface area contributed by atoms with E-state index in [2.05, 4.69) is 41.5 Å².